The zero-order valence-corrected chi connectivity index (χ0v) is 14.0. The summed E-state index contributed by atoms with van der Waals surface area (Å²) in [6.45, 7) is 5.75. The van der Waals surface area contributed by atoms with Crippen LogP contribution in [0.3, 0.4) is 0 Å². The van der Waals surface area contributed by atoms with E-state index < -0.39 is 11.7 Å². The van der Waals surface area contributed by atoms with Crippen molar-refractivity contribution in [2.24, 2.45) is 0 Å². The number of anilines is 1. The van der Waals surface area contributed by atoms with Gasteiger partial charge in [0, 0.05) is 0 Å². The first kappa shape index (κ1) is 16.3. The third-order valence-electron chi connectivity index (χ3n) is 3.68. The monoisotopic (exact) mass is 329 g/mol. The molecule has 0 fully saturated rings. The van der Waals surface area contributed by atoms with Crippen LogP contribution in [0.1, 0.15) is 32.4 Å². The van der Waals surface area contributed by atoms with Gasteiger partial charge < -0.3 is 9.47 Å². The van der Waals surface area contributed by atoms with Crippen molar-refractivity contribution < 1.29 is 18.7 Å². The molecule has 0 saturated heterocycles. The van der Waals surface area contributed by atoms with Crippen LogP contribution < -0.4 is 9.64 Å². The maximum absolute atomic E-state index is 13.2. The average molecular weight is 329 g/mol. The molecule has 3 rings (SSSR count). The lowest BCUT2D eigenvalue weighted by Crippen LogP contribution is -2.43. The quantitative estimate of drug-likeness (QED) is 0.761. The van der Waals surface area contributed by atoms with Crippen LogP contribution in [0.15, 0.2) is 48.5 Å². The van der Waals surface area contributed by atoms with Crippen LogP contribution in [0.5, 0.6) is 5.75 Å². The number of fused-ring (bicyclic) bond motifs is 1. The number of hydrogen-bond acceptors (Lipinski definition) is 3. The number of nitrogens with zero attached hydrogens (tertiary/aromatic N) is 1. The molecule has 4 nitrogen and oxygen atoms in total. The van der Waals surface area contributed by atoms with E-state index in [0.717, 1.165) is 5.56 Å². The van der Waals surface area contributed by atoms with Crippen LogP contribution in [-0.2, 0) is 4.74 Å². The molecule has 0 spiro atoms. The van der Waals surface area contributed by atoms with E-state index in [1.54, 1.807) is 17.0 Å². The summed E-state index contributed by atoms with van der Waals surface area (Å²) < 4.78 is 24.6. The topological polar surface area (TPSA) is 38.8 Å². The van der Waals surface area contributed by atoms with E-state index in [0.29, 0.717) is 11.4 Å². The van der Waals surface area contributed by atoms with Crippen molar-refractivity contribution in [1.82, 2.24) is 0 Å². The lowest BCUT2D eigenvalue weighted by molar-refractivity contribution is 0.0542. The zero-order chi connectivity index (χ0) is 17.3. The van der Waals surface area contributed by atoms with Crippen molar-refractivity contribution in [3.05, 3.63) is 59.9 Å². The zero-order valence-electron chi connectivity index (χ0n) is 14.0. The molecular formula is C19H20FNO3. The Bertz CT molecular complexity index is 737. The molecule has 1 aliphatic rings. The van der Waals surface area contributed by atoms with Crippen molar-refractivity contribution in [3.63, 3.8) is 0 Å². The van der Waals surface area contributed by atoms with Gasteiger partial charge in [-0.3, -0.25) is 4.90 Å². The molecule has 1 aliphatic heterocycles. The molecule has 2 aromatic carbocycles. The fourth-order valence-electron chi connectivity index (χ4n) is 2.66. The lowest BCUT2D eigenvalue weighted by atomic mass is 10.0. The van der Waals surface area contributed by atoms with Gasteiger partial charge in [0.05, 0.1) is 11.7 Å². The standard InChI is InChI=1S/C19H20FNO3/c1-19(2,3)24-18(22)21-15-6-4-5-7-17(15)23-12-16(21)13-8-10-14(20)11-9-13/h4-11,16H,12H2,1-3H3/t16-/m0/s1. The minimum atomic E-state index is -0.613. The smallest absolute Gasteiger partial charge is 0.415 e. The Labute approximate surface area is 140 Å². The second-order valence-electron chi connectivity index (χ2n) is 6.70. The highest BCUT2D eigenvalue weighted by molar-refractivity contribution is 5.91. The molecule has 2 aromatic rings. The Morgan fingerprint density at radius 1 is 1.17 bits per heavy atom. The number of amides is 1. The molecule has 1 heterocycles. The van der Waals surface area contributed by atoms with E-state index >= 15 is 0 Å². The highest BCUT2D eigenvalue weighted by Crippen LogP contribution is 2.40. The van der Waals surface area contributed by atoms with Crippen molar-refractivity contribution in [2.75, 3.05) is 11.5 Å². The SMILES string of the molecule is CC(C)(C)OC(=O)N1c2ccccc2OC[C@H]1c1ccc(F)cc1. The lowest BCUT2D eigenvalue weighted by Gasteiger charge is -2.37. The molecular weight excluding hydrogens is 309 g/mol. The molecule has 0 N–H and O–H groups in total. The fourth-order valence-corrected chi connectivity index (χ4v) is 2.66. The minimum absolute atomic E-state index is 0.280. The van der Waals surface area contributed by atoms with Gasteiger partial charge in [0.2, 0.25) is 0 Å². The molecule has 0 saturated carbocycles. The van der Waals surface area contributed by atoms with Crippen LogP contribution in [0.4, 0.5) is 14.9 Å². The summed E-state index contributed by atoms with van der Waals surface area (Å²) in [6.07, 6.45) is -0.451. The maximum Gasteiger partial charge on any atom is 0.415 e. The predicted octanol–water partition coefficient (Wildman–Crippen LogP) is 4.70. The predicted molar refractivity (Wildman–Crippen MR) is 89.8 cm³/mol. The Morgan fingerprint density at radius 2 is 1.83 bits per heavy atom. The average Bonchev–Trinajstić information content (AvgIpc) is 2.53. The van der Waals surface area contributed by atoms with Crippen LogP contribution in [0, 0.1) is 5.82 Å². The van der Waals surface area contributed by atoms with Crippen molar-refractivity contribution in [2.45, 2.75) is 32.4 Å². The van der Waals surface area contributed by atoms with Gasteiger partial charge in [-0.05, 0) is 50.6 Å². The highest BCUT2D eigenvalue weighted by atomic mass is 19.1. The first-order valence-corrected chi connectivity index (χ1v) is 7.85. The molecule has 0 aliphatic carbocycles. The van der Waals surface area contributed by atoms with Gasteiger partial charge in [0.15, 0.2) is 0 Å². The van der Waals surface area contributed by atoms with Gasteiger partial charge in [-0.15, -0.1) is 0 Å². The second-order valence-corrected chi connectivity index (χ2v) is 6.70. The Hall–Kier alpha value is -2.56. The van der Waals surface area contributed by atoms with Crippen LogP contribution >= 0.6 is 0 Å². The number of carbonyl (C=O) groups excluding carboxylic acids is 1. The molecule has 126 valence electrons. The summed E-state index contributed by atoms with van der Waals surface area (Å²) in [7, 11) is 0. The first-order valence-electron chi connectivity index (χ1n) is 7.85. The van der Waals surface area contributed by atoms with Crippen molar-refractivity contribution >= 4 is 11.8 Å². The number of carbonyl (C=O) groups is 1. The van der Waals surface area contributed by atoms with E-state index in [-0.39, 0.29) is 18.5 Å². The van der Waals surface area contributed by atoms with E-state index in [4.69, 9.17) is 9.47 Å². The normalized spacial score (nSPS) is 17.0. The Balaban J connectivity index is 2.01. The summed E-state index contributed by atoms with van der Waals surface area (Å²) in [6, 6.07) is 13.0. The number of hydrogen-bond donors (Lipinski definition) is 0. The first-order chi connectivity index (χ1) is 11.3. The van der Waals surface area contributed by atoms with E-state index in [1.165, 1.54) is 12.1 Å². The fraction of sp³-hybridized carbons (Fsp3) is 0.316. The van der Waals surface area contributed by atoms with Gasteiger partial charge in [-0.1, -0.05) is 24.3 Å². The Kier molecular flexibility index (Phi) is 4.18. The van der Waals surface area contributed by atoms with Gasteiger partial charge in [0.1, 0.15) is 23.8 Å². The molecule has 24 heavy (non-hydrogen) atoms. The maximum atomic E-state index is 13.2. The van der Waals surface area contributed by atoms with Gasteiger partial charge in [-0.25, -0.2) is 9.18 Å². The number of halogens is 1. The van der Waals surface area contributed by atoms with Crippen molar-refractivity contribution in [3.8, 4) is 5.75 Å². The minimum Gasteiger partial charge on any atom is -0.489 e. The van der Waals surface area contributed by atoms with Gasteiger partial charge >= 0.3 is 6.09 Å². The summed E-state index contributed by atoms with van der Waals surface area (Å²) in [5, 5.41) is 0. The Morgan fingerprint density at radius 3 is 2.50 bits per heavy atom. The molecule has 1 atom stereocenters. The van der Waals surface area contributed by atoms with E-state index in [1.807, 2.05) is 45.0 Å². The number of ether oxygens (including phenoxy) is 2. The number of rotatable bonds is 1. The third-order valence-corrected chi connectivity index (χ3v) is 3.68. The summed E-state index contributed by atoms with van der Waals surface area (Å²) >= 11 is 0. The summed E-state index contributed by atoms with van der Waals surface area (Å²) in [5.41, 5.74) is 0.821. The number of para-hydroxylation sites is 2. The molecule has 0 unspecified atom stereocenters. The molecule has 5 heteroatoms. The van der Waals surface area contributed by atoms with Crippen LogP contribution in [0.25, 0.3) is 0 Å². The van der Waals surface area contributed by atoms with E-state index in [2.05, 4.69) is 0 Å². The highest BCUT2D eigenvalue weighted by Gasteiger charge is 2.36. The number of benzene rings is 2. The third kappa shape index (κ3) is 3.35. The van der Waals surface area contributed by atoms with Gasteiger partial charge in [0.25, 0.3) is 0 Å². The molecule has 0 aromatic heterocycles. The molecule has 0 radical (unpaired) electrons. The van der Waals surface area contributed by atoms with Crippen LogP contribution in [0.2, 0.25) is 0 Å². The molecule has 0 bridgehead atoms. The molecule has 1 amide bonds. The van der Waals surface area contributed by atoms with E-state index in [9.17, 15) is 9.18 Å². The summed E-state index contributed by atoms with van der Waals surface area (Å²) in [5.74, 6) is 0.307. The largest absolute Gasteiger partial charge is 0.489 e. The second kappa shape index (κ2) is 6.15. The summed E-state index contributed by atoms with van der Waals surface area (Å²) in [4.78, 5) is 14.4. The van der Waals surface area contributed by atoms with Gasteiger partial charge in [-0.2, -0.15) is 0 Å². The van der Waals surface area contributed by atoms with Crippen molar-refractivity contribution in [1.29, 1.82) is 0 Å². The van der Waals surface area contributed by atoms with Crippen LogP contribution in [-0.4, -0.2) is 18.3 Å².